The highest BCUT2D eigenvalue weighted by Gasteiger charge is 2.26. The monoisotopic (exact) mass is 421 g/mol. The molecule has 1 aliphatic rings. The highest BCUT2D eigenvalue weighted by atomic mass is 79.9. The molecule has 0 aromatic heterocycles. The fourth-order valence-electron chi connectivity index (χ4n) is 3.63. The molecule has 3 nitrogen and oxygen atoms in total. The Bertz CT molecular complexity index is 589. The number of nitrogens with one attached hydrogen (secondary N) is 1. The van der Waals surface area contributed by atoms with E-state index in [1.807, 2.05) is 26.0 Å². The number of halogens is 1. The Morgan fingerprint density at radius 2 is 1.73 bits per heavy atom. The van der Waals surface area contributed by atoms with Crippen molar-refractivity contribution in [3.05, 3.63) is 29.8 Å². The number of ketones is 1. The summed E-state index contributed by atoms with van der Waals surface area (Å²) in [7, 11) is 0. The normalized spacial score (nSPS) is 21.4. The minimum Gasteiger partial charge on any atom is -0.326 e. The number of hydrogen-bond acceptors (Lipinski definition) is 2. The standard InChI is InChI=1S/C22H32BrNO2/c1-4-5-6-16-7-9-18(10-8-16)22(26)24-19-13-11-17(12-14-19)21(25)20(23)15(2)3/h11-16,18,20H,4-10H2,1-3H3,(H,24,26). The van der Waals surface area contributed by atoms with Crippen molar-refractivity contribution in [2.75, 3.05) is 5.32 Å². The number of amides is 1. The summed E-state index contributed by atoms with van der Waals surface area (Å²) in [6, 6.07) is 7.27. The van der Waals surface area contributed by atoms with Gasteiger partial charge in [-0.2, -0.15) is 0 Å². The van der Waals surface area contributed by atoms with Crippen LogP contribution >= 0.6 is 15.9 Å². The Morgan fingerprint density at radius 3 is 2.27 bits per heavy atom. The lowest BCUT2D eigenvalue weighted by molar-refractivity contribution is -0.121. The molecule has 1 aromatic carbocycles. The predicted octanol–water partition coefficient (Wildman–Crippen LogP) is 6.22. The van der Waals surface area contributed by atoms with Gasteiger partial charge in [-0.25, -0.2) is 0 Å². The molecule has 0 heterocycles. The Labute approximate surface area is 166 Å². The molecule has 1 N–H and O–H groups in total. The Hall–Kier alpha value is -1.16. The zero-order valence-electron chi connectivity index (χ0n) is 16.3. The van der Waals surface area contributed by atoms with E-state index in [0.29, 0.717) is 5.56 Å². The molecule has 1 aromatic rings. The van der Waals surface area contributed by atoms with Gasteiger partial charge in [0.2, 0.25) is 5.91 Å². The van der Waals surface area contributed by atoms with Crippen molar-refractivity contribution in [2.24, 2.45) is 17.8 Å². The molecule has 0 aliphatic heterocycles. The maximum atomic E-state index is 12.5. The van der Waals surface area contributed by atoms with Crippen LogP contribution in [0.4, 0.5) is 5.69 Å². The van der Waals surface area contributed by atoms with Gasteiger partial charge in [0, 0.05) is 17.2 Å². The molecule has 1 amide bonds. The van der Waals surface area contributed by atoms with Gasteiger partial charge in [0.25, 0.3) is 0 Å². The number of rotatable bonds is 8. The smallest absolute Gasteiger partial charge is 0.227 e. The van der Waals surface area contributed by atoms with Crippen LogP contribution in [0.25, 0.3) is 0 Å². The second-order valence-corrected chi connectivity index (χ2v) is 8.92. The molecule has 2 rings (SSSR count). The van der Waals surface area contributed by atoms with E-state index in [1.165, 1.54) is 32.1 Å². The lowest BCUT2D eigenvalue weighted by Gasteiger charge is -2.27. The van der Waals surface area contributed by atoms with Crippen LogP contribution in [0.5, 0.6) is 0 Å². The van der Waals surface area contributed by atoms with Gasteiger partial charge in [0.05, 0.1) is 4.83 Å². The van der Waals surface area contributed by atoms with Crippen LogP contribution < -0.4 is 5.32 Å². The molecule has 1 aliphatic carbocycles. The molecule has 4 heteroatoms. The van der Waals surface area contributed by atoms with Crippen LogP contribution in [0.2, 0.25) is 0 Å². The van der Waals surface area contributed by atoms with Gasteiger partial charge in [-0.05, 0) is 61.8 Å². The number of unbranched alkanes of at least 4 members (excludes halogenated alkanes) is 1. The Balaban J connectivity index is 1.85. The first-order chi connectivity index (χ1) is 12.4. The molecule has 1 fully saturated rings. The predicted molar refractivity (Wildman–Crippen MR) is 112 cm³/mol. The third kappa shape index (κ3) is 5.94. The summed E-state index contributed by atoms with van der Waals surface area (Å²) in [5.41, 5.74) is 1.45. The molecule has 0 radical (unpaired) electrons. The van der Waals surface area contributed by atoms with Gasteiger partial charge in [0.15, 0.2) is 5.78 Å². The second kappa shape index (κ2) is 10.2. The average Bonchev–Trinajstić information content (AvgIpc) is 2.66. The summed E-state index contributed by atoms with van der Waals surface area (Å²) in [6.07, 6.45) is 8.21. The molecule has 144 valence electrons. The zero-order chi connectivity index (χ0) is 19.1. The SMILES string of the molecule is CCCCC1CCC(C(=O)Nc2ccc(C(=O)C(Br)C(C)C)cc2)CC1. The van der Waals surface area contributed by atoms with Gasteiger partial charge in [-0.3, -0.25) is 9.59 Å². The number of Topliss-reactive ketones (excluding diaryl/α,β-unsaturated/α-hetero) is 1. The van der Waals surface area contributed by atoms with Crippen molar-refractivity contribution in [1.82, 2.24) is 0 Å². The lowest BCUT2D eigenvalue weighted by Crippen LogP contribution is -2.27. The number of benzene rings is 1. The maximum Gasteiger partial charge on any atom is 0.227 e. The molecule has 0 spiro atoms. The Kier molecular flexibility index (Phi) is 8.33. The highest BCUT2D eigenvalue weighted by molar-refractivity contribution is 9.10. The first-order valence-corrected chi connectivity index (χ1v) is 10.9. The van der Waals surface area contributed by atoms with E-state index in [9.17, 15) is 9.59 Å². The maximum absolute atomic E-state index is 12.5. The van der Waals surface area contributed by atoms with Gasteiger partial charge >= 0.3 is 0 Å². The quantitative estimate of drug-likeness (QED) is 0.399. The van der Waals surface area contributed by atoms with Crippen LogP contribution in [0.15, 0.2) is 24.3 Å². The minimum absolute atomic E-state index is 0.0864. The molecular formula is C22H32BrNO2. The van der Waals surface area contributed by atoms with E-state index < -0.39 is 0 Å². The van der Waals surface area contributed by atoms with Crippen LogP contribution in [-0.2, 0) is 4.79 Å². The summed E-state index contributed by atoms with van der Waals surface area (Å²) < 4.78 is 0. The second-order valence-electron chi connectivity index (χ2n) is 7.94. The van der Waals surface area contributed by atoms with Crippen LogP contribution in [0, 0.1) is 17.8 Å². The van der Waals surface area contributed by atoms with Crippen molar-refractivity contribution in [2.45, 2.75) is 70.5 Å². The zero-order valence-corrected chi connectivity index (χ0v) is 17.8. The Morgan fingerprint density at radius 1 is 1.12 bits per heavy atom. The van der Waals surface area contributed by atoms with E-state index in [-0.39, 0.29) is 28.4 Å². The van der Waals surface area contributed by atoms with E-state index in [0.717, 1.165) is 24.4 Å². The van der Waals surface area contributed by atoms with Gasteiger partial charge in [-0.15, -0.1) is 0 Å². The van der Waals surface area contributed by atoms with E-state index >= 15 is 0 Å². The molecule has 1 unspecified atom stereocenters. The van der Waals surface area contributed by atoms with E-state index in [4.69, 9.17) is 0 Å². The molecular weight excluding hydrogens is 390 g/mol. The fraction of sp³-hybridized carbons (Fsp3) is 0.636. The van der Waals surface area contributed by atoms with Crippen molar-refractivity contribution in [1.29, 1.82) is 0 Å². The number of carbonyl (C=O) groups excluding carboxylic acids is 2. The van der Waals surface area contributed by atoms with Crippen LogP contribution in [0.1, 0.15) is 76.1 Å². The van der Waals surface area contributed by atoms with Crippen molar-refractivity contribution in [3.8, 4) is 0 Å². The highest BCUT2D eigenvalue weighted by Crippen LogP contribution is 2.32. The largest absolute Gasteiger partial charge is 0.326 e. The van der Waals surface area contributed by atoms with Gasteiger partial charge in [0.1, 0.15) is 0 Å². The fourth-order valence-corrected chi connectivity index (χ4v) is 3.89. The molecule has 0 saturated heterocycles. The number of alkyl halides is 1. The summed E-state index contributed by atoms with van der Waals surface area (Å²) in [5.74, 6) is 1.39. The molecule has 0 bridgehead atoms. The first-order valence-electron chi connectivity index (χ1n) is 10.0. The molecule has 1 saturated carbocycles. The van der Waals surface area contributed by atoms with Crippen LogP contribution in [0.3, 0.4) is 0 Å². The van der Waals surface area contributed by atoms with Crippen molar-refractivity contribution in [3.63, 3.8) is 0 Å². The lowest BCUT2D eigenvalue weighted by atomic mass is 9.79. The third-order valence-electron chi connectivity index (χ3n) is 5.46. The van der Waals surface area contributed by atoms with Crippen molar-refractivity contribution < 1.29 is 9.59 Å². The summed E-state index contributed by atoms with van der Waals surface area (Å²) in [6.45, 7) is 6.27. The summed E-state index contributed by atoms with van der Waals surface area (Å²) >= 11 is 3.46. The minimum atomic E-state index is -0.175. The van der Waals surface area contributed by atoms with Gasteiger partial charge < -0.3 is 5.32 Å². The third-order valence-corrected chi connectivity index (χ3v) is 6.93. The van der Waals surface area contributed by atoms with Crippen molar-refractivity contribution >= 4 is 33.3 Å². The number of carbonyl (C=O) groups is 2. The average molecular weight is 422 g/mol. The first kappa shape index (κ1) is 21.1. The topological polar surface area (TPSA) is 46.2 Å². The molecule has 26 heavy (non-hydrogen) atoms. The summed E-state index contributed by atoms with van der Waals surface area (Å²) in [4.78, 5) is 24.7. The summed E-state index contributed by atoms with van der Waals surface area (Å²) in [5, 5.41) is 3.03. The van der Waals surface area contributed by atoms with Gasteiger partial charge in [-0.1, -0.05) is 56.0 Å². The number of hydrogen-bond donors (Lipinski definition) is 1. The van der Waals surface area contributed by atoms with E-state index in [2.05, 4.69) is 28.2 Å². The van der Waals surface area contributed by atoms with E-state index in [1.54, 1.807) is 12.1 Å². The molecule has 1 atom stereocenters. The number of anilines is 1. The van der Waals surface area contributed by atoms with Crippen LogP contribution in [-0.4, -0.2) is 16.5 Å².